The van der Waals surface area contributed by atoms with Gasteiger partial charge in [0.05, 0.1) is 11.6 Å². The second-order valence-corrected chi connectivity index (χ2v) is 6.48. The fourth-order valence-corrected chi connectivity index (χ4v) is 3.29. The Labute approximate surface area is 159 Å². The first-order valence-electron chi connectivity index (χ1n) is 8.78. The minimum atomic E-state index is -4.46. The maximum atomic E-state index is 13.4. The average Bonchev–Trinajstić information content (AvgIpc) is 3.11. The quantitative estimate of drug-likeness (QED) is 0.494. The number of nitrogens with one attached hydrogen (secondary N) is 5. The molecule has 5 N–H and O–H groups in total. The SMILES string of the molecule is O=C(NC1=CNCCN1)C1=CNC2C=CC(c3ccccc3C(F)(F)F)NN12. The molecule has 1 amide bonds. The van der Waals surface area contributed by atoms with Crippen LogP contribution in [0.2, 0.25) is 0 Å². The van der Waals surface area contributed by atoms with Crippen molar-refractivity contribution in [3.8, 4) is 0 Å². The molecule has 28 heavy (non-hydrogen) atoms. The standard InChI is InChI=1S/C18H19F3N6O/c19-18(20,21)12-4-2-1-3-11(12)13-5-6-16-24-9-14(27(16)26-13)17(28)25-15-10-22-7-8-23-15/h1-6,9-10,13,16,22-24,26H,7-8H2,(H,25,28). The zero-order valence-electron chi connectivity index (χ0n) is 14.7. The van der Waals surface area contributed by atoms with Gasteiger partial charge in [-0.1, -0.05) is 24.3 Å². The fourth-order valence-electron chi connectivity index (χ4n) is 3.29. The summed E-state index contributed by atoms with van der Waals surface area (Å²) in [6.45, 7) is 1.43. The molecule has 0 spiro atoms. The molecule has 0 saturated carbocycles. The molecule has 10 heteroatoms. The average molecular weight is 392 g/mol. The fraction of sp³-hybridized carbons (Fsp3) is 0.278. The third-order valence-electron chi connectivity index (χ3n) is 4.61. The van der Waals surface area contributed by atoms with Crippen molar-refractivity contribution < 1.29 is 18.0 Å². The van der Waals surface area contributed by atoms with Crippen LogP contribution in [0.3, 0.4) is 0 Å². The van der Waals surface area contributed by atoms with Crippen molar-refractivity contribution in [3.05, 3.63) is 71.5 Å². The molecular weight excluding hydrogens is 373 g/mol. The maximum Gasteiger partial charge on any atom is 0.416 e. The topological polar surface area (TPSA) is 80.5 Å². The molecule has 7 nitrogen and oxygen atoms in total. The maximum absolute atomic E-state index is 13.4. The number of benzene rings is 1. The molecule has 4 rings (SSSR count). The van der Waals surface area contributed by atoms with Crippen LogP contribution in [0, 0.1) is 0 Å². The van der Waals surface area contributed by atoms with Gasteiger partial charge in [-0.2, -0.15) is 13.2 Å². The van der Waals surface area contributed by atoms with Crippen molar-refractivity contribution in [2.45, 2.75) is 18.4 Å². The van der Waals surface area contributed by atoms with Crippen LogP contribution in [0.4, 0.5) is 13.2 Å². The molecule has 0 radical (unpaired) electrons. The van der Waals surface area contributed by atoms with Gasteiger partial charge in [0, 0.05) is 25.5 Å². The van der Waals surface area contributed by atoms with E-state index in [1.54, 1.807) is 24.4 Å². The number of carbonyl (C=O) groups is 1. The first-order valence-corrected chi connectivity index (χ1v) is 8.78. The van der Waals surface area contributed by atoms with E-state index in [0.29, 0.717) is 12.4 Å². The lowest BCUT2D eigenvalue weighted by Gasteiger charge is -2.35. The van der Waals surface area contributed by atoms with Crippen LogP contribution < -0.4 is 26.7 Å². The Morgan fingerprint density at radius 3 is 2.71 bits per heavy atom. The zero-order valence-corrected chi connectivity index (χ0v) is 14.7. The summed E-state index contributed by atoms with van der Waals surface area (Å²) in [4.78, 5) is 12.6. The van der Waals surface area contributed by atoms with Gasteiger partial charge in [-0.05, 0) is 17.7 Å². The second kappa shape index (κ2) is 7.12. The van der Waals surface area contributed by atoms with Crippen LogP contribution in [0.15, 0.2) is 60.3 Å². The lowest BCUT2D eigenvalue weighted by atomic mass is 9.99. The van der Waals surface area contributed by atoms with Gasteiger partial charge in [-0.25, -0.2) is 5.43 Å². The van der Waals surface area contributed by atoms with Crippen molar-refractivity contribution in [1.29, 1.82) is 0 Å². The first-order chi connectivity index (χ1) is 13.4. The van der Waals surface area contributed by atoms with Crippen LogP contribution in [0.25, 0.3) is 0 Å². The monoisotopic (exact) mass is 392 g/mol. The van der Waals surface area contributed by atoms with Gasteiger partial charge in [-0.3, -0.25) is 9.80 Å². The number of hydrogen-bond acceptors (Lipinski definition) is 6. The molecule has 0 bridgehead atoms. The number of nitrogens with zero attached hydrogens (tertiary/aromatic N) is 1. The van der Waals surface area contributed by atoms with Crippen molar-refractivity contribution >= 4 is 5.91 Å². The van der Waals surface area contributed by atoms with Crippen LogP contribution in [0.1, 0.15) is 17.2 Å². The van der Waals surface area contributed by atoms with Gasteiger partial charge in [-0.15, -0.1) is 0 Å². The molecule has 3 aliphatic heterocycles. The van der Waals surface area contributed by atoms with Crippen molar-refractivity contribution in [3.63, 3.8) is 0 Å². The molecule has 0 aliphatic carbocycles. The Hall–Kier alpha value is -3.14. The Balaban J connectivity index is 1.53. The summed E-state index contributed by atoms with van der Waals surface area (Å²) in [5, 5.41) is 13.4. The molecule has 3 heterocycles. The Bertz CT molecular complexity index is 863. The number of hydrazine groups is 1. The van der Waals surface area contributed by atoms with E-state index in [0.717, 1.165) is 12.6 Å². The summed E-state index contributed by atoms with van der Waals surface area (Å²) in [6, 6.07) is 4.68. The van der Waals surface area contributed by atoms with Gasteiger partial charge in [0.2, 0.25) is 0 Å². The predicted octanol–water partition coefficient (Wildman–Crippen LogP) is 1.00. The molecule has 1 aromatic carbocycles. The lowest BCUT2D eigenvalue weighted by molar-refractivity contribution is -0.138. The Kier molecular flexibility index (Phi) is 4.63. The molecule has 0 fully saturated rings. The van der Waals surface area contributed by atoms with Crippen molar-refractivity contribution in [1.82, 2.24) is 31.7 Å². The third kappa shape index (κ3) is 3.50. The van der Waals surface area contributed by atoms with Crippen LogP contribution in [-0.4, -0.2) is 30.2 Å². The molecule has 148 valence electrons. The lowest BCUT2D eigenvalue weighted by Crippen LogP contribution is -2.51. The van der Waals surface area contributed by atoms with E-state index in [9.17, 15) is 18.0 Å². The predicted molar refractivity (Wildman–Crippen MR) is 95.5 cm³/mol. The van der Waals surface area contributed by atoms with Gasteiger partial charge >= 0.3 is 6.18 Å². The van der Waals surface area contributed by atoms with Gasteiger partial charge < -0.3 is 21.3 Å². The highest BCUT2D eigenvalue weighted by Gasteiger charge is 2.38. The highest BCUT2D eigenvalue weighted by molar-refractivity contribution is 5.94. The molecule has 2 atom stereocenters. The summed E-state index contributed by atoms with van der Waals surface area (Å²) < 4.78 is 40.1. The molecule has 3 aliphatic rings. The summed E-state index contributed by atoms with van der Waals surface area (Å²) in [5.74, 6) is 0.148. The van der Waals surface area contributed by atoms with Crippen LogP contribution in [0.5, 0.6) is 0 Å². The highest BCUT2D eigenvalue weighted by Crippen LogP contribution is 2.36. The molecular formula is C18H19F3N6O. The number of hydrogen-bond donors (Lipinski definition) is 5. The van der Waals surface area contributed by atoms with Crippen LogP contribution in [-0.2, 0) is 11.0 Å². The van der Waals surface area contributed by atoms with Crippen molar-refractivity contribution in [2.75, 3.05) is 13.1 Å². The van der Waals surface area contributed by atoms with E-state index < -0.39 is 17.8 Å². The van der Waals surface area contributed by atoms with Gasteiger partial charge in [0.25, 0.3) is 5.91 Å². The number of fused-ring (bicyclic) bond motifs is 1. The van der Waals surface area contributed by atoms with Crippen LogP contribution >= 0.6 is 0 Å². The molecule has 1 aromatic rings. The van der Waals surface area contributed by atoms with Crippen molar-refractivity contribution in [2.24, 2.45) is 0 Å². The minimum Gasteiger partial charge on any atom is -0.386 e. The highest BCUT2D eigenvalue weighted by atomic mass is 19.4. The second-order valence-electron chi connectivity index (χ2n) is 6.48. The summed E-state index contributed by atoms with van der Waals surface area (Å²) in [6.07, 6.45) is 1.75. The smallest absolute Gasteiger partial charge is 0.386 e. The number of halogens is 3. The third-order valence-corrected chi connectivity index (χ3v) is 4.61. The summed E-state index contributed by atoms with van der Waals surface area (Å²) in [5.41, 5.74) is 2.67. The molecule has 0 aromatic heterocycles. The van der Waals surface area contributed by atoms with Gasteiger partial charge in [0.15, 0.2) is 0 Å². The van der Waals surface area contributed by atoms with E-state index >= 15 is 0 Å². The van der Waals surface area contributed by atoms with E-state index in [4.69, 9.17) is 0 Å². The first kappa shape index (κ1) is 18.2. The van der Waals surface area contributed by atoms with Gasteiger partial charge in [0.1, 0.15) is 17.7 Å². The summed E-state index contributed by atoms with van der Waals surface area (Å²) in [7, 11) is 0. The minimum absolute atomic E-state index is 0.0946. The number of carbonyl (C=O) groups excluding carboxylic acids is 1. The van der Waals surface area contributed by atoms with E-state index in [2.05, 4.69) is 26.7 Å². The Morgan fingerprint density at radius 1 is 1.14 bits per heavy atom. The van der Waals surface area contributed by atoms with E-state index in [1.807, 2.05) is 0 Å². The Morgan fingerprint density at radius 2 is 1.96 bits per heavy atom. The number of amides is 1. The van der Waals surface area contributed by atoms with E-state index in [1.165, 1.54) is 23.3 Å². The molecule has 0 saturated heterocycles. The largest absolute Gasteiger partial charge is 0.416 e. The van der Waals surface area contributed by atoms with E-state index in [-0.39, 0.29) is 23.3 Å². The number of alkyl halides is 3. The zero-order chi connectivity index (χ0) is 19.7. The summed E-state index contributed by atoms with van der Waals surface area (Å²) >= 11 is 0. The molecule has 2 unspecified atom stereocenters. The normalized spacial score (nSPS) is 23.6. The number of rotatable bonds is 3.